The number of nitrogens with one attached hydrogen (secondary N) is 2. The molecule has 0 saturated carbocycles. The van der Waals surface area contributed by atoms with Gasteiger partial charge in [-0.25, -0.2) is 0 Å². The van der Waals surface area contributed by atoms with Gasteiger partial charge in [0.15, 0.2) is 0 Å². The summed E-state index contributed by atoms with van der Waals surface area (Å²) >= 11 is 0. The van der Waals surface area contributed by atoms with Crippen molar-refractivity contribution in [1.82, 2.24) is 10.3 Å². The van der Waals surface area contributed by atoms with Crippen molar-refractivity contribution in [2.45, 2.75) is 38.5 Å². The van der Waals surface area contributed by atoms with E-state index in [9.17, 15) is 4.79 Å². The number of rotatable bonds is 2. The Labute approximate surface area is 119 Å². The molecule has 0 aliphatic carbocycles. The van der Waals surface area contributed by atoms with Crippen molar-refractivity contribution in [2.75, 3.05) is 13.1 Å². The SMILES string of the molecule is CC(C)c1cc2ccc(C3CCNCC3)cc2[nH]c1=O. The zero-order valence-electron chi connectivity index (χ0n) is 12.2. The Hall–Kier alpha value is -1.61. The largest absolute Gasteiger partial charge is 0.322 e. The summed E-state index contributed by atoms with van der Waals surface area (Å²) in [7, 11) is 0. The lowest BCUT2D eigenvalue weighted by Crippen LogP contribution is -2.26. The highest BCUT2D eigenvalue weighted by Gasteiger charge is 2.16. The Morgan fingerprint density at radius 1 is 1.15 bits per heavy atom. The molecule has 1 fully saturated rings. The summed E-state index contributed by atoms with van der Waals surface area (Å²) in [6.45, 7) is 6.29. The second-order valence-electron chi connectivity index (χ2n) is 6.08. The maximum absolute atomic E-state index is 12.1. The summed E-state index contributed by atoms with van der Waals surface area (Å²) in [4.78, 5) is 15.1. The lowest BCUT2D eigenvalue weighted by atomic mass is 9.89. The molecule has 1 aliphatic heterocycles. The Morgan fingerprint density at radius 2 is 1.90 bits per heavy atom. The predicted molar refractivity (Wildman–Crippen MR) is 83.5 cm³/mol. The minimum atomic E-state index is 0.0509. The third kappa shape index (κ3) is 2.50. The standard InChI is InChI=1S/C17H22N2O/c1-11(2)15-9-14-4-3-13(10-16(14)19-17(15)20)12-5-7-18-8-6-12/h3-4,9-12,18H,5-8H2,1-2H3,(H,19,20). The Balaban J connectivity index is 2.03. The van der Waals surface area contributed by atoms with E-state index in [1.165, 1.54) is 18.4 Å². The molecule has 2 aromatic rings. The van der Waals surface area contributed by atoms with Gasteiger partial charge in [-0.3, -0.25) is 4.79 Å². The van der Waals surface area contributed by atoms with Gasteiger partial charge in [0.05, 0.1) is 0 Å². The summed E-state index contributed by atoms with van der Waals surface area (Å²) in [5.41, 5.74) is 3.24. The number of aromatic nitrogens is 1. The fraction of sp³-hybridized carbons (Fsp3) is 0.471. The zero-order valence-corrected chi connectivity index (χ0v) is 12.2. The third-order valence-electron chi connectivity index (χ3n) is 4.33. The minimum Gasteiger partial charge on any atom is -0.322 e. The highest BCUT2D eigenvalue weighted by molar-refractivity contribution is 5.80. The average molecular weight is 270 g/mol. The quantitative estimate of drug-likeness (QED) is 0.880. The second kappa shape index (κ2) is 5.41. The van der Waals surface area contributed by atoms with Crippen LogP contribution in [0, 0.1) is 0 Å². The molecular formula is C17H22N2O. The number of H-pyrrole nitrogens is 1. The number of hydrogen-bond donors (Lipinski definition) is 2. The molecule has 3 heteroatoms. The summed E-state index contributed by atoms with van der Waals surface area (Å²) in [6, 6.07) is 8.57. The summed E-state index contributed by atoms with van der Waals surface area (Å²) in [5.74, 6) is 0.876. The van der Waals surface area contributed by atoms with Crippen LogP contribution < -0.4 is 10.9 Å². The van der Waals surface area contributed by atoms with Crippen LogP contribution in [0.4, 0.5) is 0 Å². The summed E-state index contributed by atoms with van der Waals surface area (Å²) in [5, 5.41) is 4.52. The van der Waals surface area contributed by atoms with E-state index in [2.05, 4.69) is 42.3 Å². The van der Waals surface area contributed by atoms with Crippen LogP contribution in [0.3, 0.4) is 0 Å². The molecule has 2 N–H and O–H groups in total. The van der Waals surface area contributed by atoms with E-state index in [0.717, 1.165) is 29.6 Å². The van der Waals surface area contributed by atoms with Crippen LogP contribution in [-0.4, -0.2) is 18.1 Å². The number of pyridine rings is 1. The number of hydrogen-bond acceptors (Lipinski definition) is 2. The molecule has 3 rings (SSSR count). The molecule has 0 spiro atoms. The van der Waals surface area contributed by atoms with Crippen molar-refractivity contribution >= 4 is 10.9 Å². The monoisotopic (exact) mass is 270 g/mol. The van der Waals surface area contributed by atoms with Gasteiger partial charge in [-0.1, -0.05) is 26.0 Å². The molecular weight excluding hydrogens is 248 g/mol. The van der Waals surface area contributed by atoms with E-state index in [4.69, 9.17) is 0 Å². The Kier molecular flexibility index (Phi) is 3.62. The fourth-order valence-electron chi connectivity index (χ4n) is 3.07. The topological polar surface area (TPSA) is 44.9 Å². The van der Waals surface area contributed by atoms with Crippen LogP contribution in [0.25, 0.3) is 10.9 Å². The molecule has 3 nitrogen and oxygen atoms in total. The van der Waals surface area contributed by atoms with Gasteiger partial charge >= 0.3 is 0 Å². The van der Waals surface area contributed by atoms with Crippen LogP contribution in [0.5, 0.6) is 0 Å². The van der Waals surface area contributed by atoms with Gasteiger partial charge in [-0.2, -0.15) is 0 Å². The molecule has 0 atom stereocenters. The van der Waals surface area contributed by atoms with Crippen LogP contribution in [0.1, 0.15) is 49.7 Å². The molecule has 1 saturated heterocycles. The van der Waals surface area contributed by atoms with Crippen LogP contribution in [0.15, 0.2) is 29.1 Å². The highest BCUT2D eigenvalue weighted by Crippen LogP contribution is 2.27. The minimum absolute atomic E-state index is 0.0509. The average Bonchev–Trinajstić information content (AvgIpc) is 2.46. The van der Waals surface area contributed by atoms with E-state index < -0.39 is 0 Å². The van der Waals surface area contributed by atoms with Crippen molar-refractivity contribution in [3.8, 4) is 0 Å². The molecule has 0 amide bonds. The van der Waals surface area contributed by atoms with Gasteiger partial charge < -0.3 is 10.3 Å². The molecule has 0 unspecified atom stereocenters. The molecule has 106 valence electrons. The van der Waals surface area contributed by atoms with Gasteiger partial charge in [0, 0.05) is 11.1 Å². The molecule has 0 radical (unpaired) electrons. The Morgan fingerprint density at radius 3 is 2.60 bits per heavy atom. The lowest BCUT2D eigenvalue weighted by Gasteiger charge is -2.23. The smallest absolute Gasteiger partial charge is 0.251 e. The number of fused-ring (bicyclic) bond motifs is 1. The maximum Gasteiger partial charge on any atom is 0.251 e. The van der Waals surface area contributed by atoms with Crippen molar-refractivity contribution in [3.05, 3.63) is 45.7 Å². The second-order valence-corrected chi connectivity index (χ2v) is 6.08. The fourth-order valence-corrected chi connectivity index (χ4v) is 3.07. The van der Waals surface area contributed by atoms with Crippen LogP contribution in [-0.2, 0) is 0 Å². The number of aromatic amines is 1. The first-order valence-corrected chi connectivity index (χ1v) is 7.53. The summed E-state index contributed by atoms with van der Waals surface area (Å²) in [6.07, 6.45) is 2.36. The molecule has 20 heavy (non-hydrogen) atoms. The normalized spacial score (nSPS) is 16.9. The van der Waals surface area contributed by atoms with E-state index in [-0.39, 0.29) is 11.5 Å². The maximum atomic E-state index is 12.1. The first kappa shape index (κ1) is 13.4. The van der Waals surface area contributed by atoms with Gasteiger partial charge in [-0.15, -0.1) is 0 Å². The van der Waals surface area contributed by atoms with Crippen LogP contribution >= 0.6 is 0 Å². The number of benzene rings is 1. The van der Waals surface area contributed by atoms with E-state index in [1.807, 2.05) is 6.07 Å². The van der Waals surface area contributed by atoms with Crippen molar-refractivity contribution in [1.29, 1.82) is 0 Å². The Bertz CT molecular complexity index is 666. The predicted octanol–water partition coefficient (Wildman–Crippen LogP) is 3.12. The summed E-state index contributed by atoms with van der Waals surface area (Å²) < 4.78 is 0. The molecule has 1 aromatic carbocycles. The van der Waals surface area contributed by atoms with Gasteiger partial charge in [0.25, 0.3) is 5.56 Å². The van der Waals surface area contributed by atoms with Crippen molar-refractivity contribution in [2.24, 2.45) is 0 Å². The van der Waals surface area contributed by atoms with Crippen molar-refractivity contribution in [3.63, 3.8) is 0 Å². The van der Waals surface area contributed by atoms with Gasteiger partial charge in [0.1, 0.15) is 0 Å². The lowest BCUT2D eigenvalue weighted by molar-refractivity contribution is 0.460. The third-order valence-corrected chi connectivity index (χ3v) is 4.33. The van der Waals surface area contributed by atoms with Crippen molar-refractivity contribution < 1.29 is 0 Å². The molecule has 0 bridgehead atoms. The molecule has 2 heterocycles. The number of piperidine rings is 1. The zero-order chi connectivity index (χ0) is 14.1. The highest BCUT2D eigenvalue weighted by atomic mass is 16.1. The molecule has 1 aliphatic rings. The van der Waals surface area contributed by atoms with E-state index >= 15 is 0 Å². The van der Waals surface area contributed by atoms with Gasteiger partial charge in [0.2, 0.25) is 0 Å². The van der Waals surface area contributed by atoms with E-state index in [1.54, 1.807) is 0 Å². The van der Waals surface area contributed by atoms with Gasteiger partial charge in [-0.05, 0) is 60.8 Å². The van der Waals surface area contributed by atoms with Crippen LogP contribution in [0.2, 0.25) is 0 Å². The van der Waals surface area contributed by atoms with E-state index in [0.29, 0.717) is 5.92 Å². The molecule has 1 aromatic heterocycles. The first-order chi connectivity index (χ1) is 9.65. The first-order valence-electron chi connectivity index (χ1n) is 7.53.